The van der Waals surface area contributed by atoms with Crippen molar-refractivity contribution in [1.82, 2.24) is 0 Å². The predicted molar refractivity (Wildman–Crippen MR) is 143 cm³/mol. The fourth-order valence-electron chi connectivity index (χ4n) is 3.62. The molecule has 6 nitrogen and oxygen atoms in total. The summed E-state index contributed by atoms with van der Waals surface area (Å²) >= 11 is 7.21. The summed E-state index contributed by atoms with van der Waals surface area (Å²) in [6.45, 7) is 7.48. The van der Waals surface area contributed by atoms with Crippen molar-refractivity contribution in [3.63, 3.8) is 0 Å². The molecule has 0 spiro atoms. The second kappa shape index (κ2) is 10.6. The molecule has 0 saturated heterocycles. The van der Waals surface area contributed by atoms with E-state index >= 15 is 0 Å². The smallest absolute Gasteiger partial charge is 0.338 e. The van der Waals surface area contributed by atoms with Gasteiger partial charge >= 0.3 is 5.97 Å². The molecule has 0 atom stereocenters. The van der Waals surface area contributed by atoms with E-state index in [4.69, 9.17) is 16.3 Å². The number of hydrogen-bond donors (Lipinski definition) is 1. The first-order valence-electron chi connectivity index (χ1n) is 11.4. The van der Waals surface area contributed by atoms with E-state index < -0.39 is 17.8 Å². The van der Waals surface area contributed by atoms with Gasteiger partial charge in [0.2, 0.25) is 0 Å². The molecule has 2 amide bonds. The zero-order valence-corrected chi connectivity index (χ0v) is 21.9. The summed E-state index contributed by atoms with van der Waals surface area (Å²) in [6, 6.07) is 19.0. The molecule has 0 unspecified atom stereocenters. The molecule has 0 radical (unpaired) electrons. The number of benzene rings is 3. The van der Waals surface area contributed by atoms with Crippen molar-refractivity contribution in [3.8, 4) is 0 Å². The summed E-state index contributed by atoms with van der Waals surface area (Å²) in [5.41, 5.74) is 3.67. The number of imide groups is 1. The molecule has 0 fully saturated rings. The molecular formula is C28H25ClN2O4S. The number of ether oxygens (including phenoxy) is 1. The average molecular weight is 521 g/mol. The molecule has 1 aliphatic heterocycles. The number of hydrogen-bond acceptors (Lipinski definition) is 6. The third kappa shape index (κ3) is 5.32. The second-order valence-electron chi connectivity index (χ2n) is 8.58. The molecule has 3 aromatic carbocycles. The van der Waals surface area contributed by atoms with Crippen LogP contribution in [0.5, 0.6) is 0 Å². The highest BCUT2D eigenvalue weighted by Gasteiger charge is 2.40. The van der Waals surface area contributed by atoms with E-state index in [2.05, 4.69) is 5.32 Å². The van der Waals surface area contributed by atoms with Crippen molar-refractivity contribution in [2.45, 2.75) is 38.7 Å². The molecule has 184 valence electrons. The van der Waals surface area contributed by atoms with Crippen molar-refractivity contribution < 1.29 is 19.1 Å². The van der Waals surface area contributed by atoms with Crippen LogP contribution in [0.15, 0.2) is 82.2 Å². The number of rotatable bonds is 7. The van der Waals surface area contributed by atoms with Gasteiger partial charge in [0.25, 0.3) is 11.8 Å². The first-order valence-corrected chi connectivity index (χ1v) is 12.6. The van der Waals surface area contributed by atoms with Crippen LogP contribution in [0.4, 0.5) is 11.4 Å². The molecule has 3 aromatic rings. The Morgan fingerprint density at radius 1 is 0.944 bits per heavy atom. The van der Waals surface area contributed by atoms with E-state index in [0.717, 1.165) is 26.6 Å². The Balaban J connectivity index is 1.70. The standard InChI is InChI=1S/C28H25ClN2O4S/c1-16(2)35-28(34)19-8-12-21(13-9-19)31-26(32)24(30-23-7-5-6-17(3)18(23)4)25(27(31)33)36-22-14-10-20(29)11-15-22/h5-16,30H,1-4H3. The van der Waals surface area contributed by atoms with Gasteiger partial charge in [0.15, 0.2) is 0 Å². The molecule has 36 heavy (non-hydrogen) atoms. The Morgan fingerprint density at radius 3 is 2.25 bits per heavy atom. The molecule has 1 aliphatic rings. The van der Waals surface area contributed by atoms with Crippen molar-refractivity contribution in [3.05, 3.63) is 99.0 Å². The summed E-state index contributed by atoms with van der Waals surface area (Å²) in [6.07, 6.45) is -0.255. The fraction of sp³-hybridized carbons (Fsp3) is 0.179. The van der Waals surface area contributed by atoms with Gasteiger partial charge in [0, 0.05) is 15.6 Å². The summed E-state index contributed by atoms with van der Waals surface area (Å²) in [7, 11) is 0. The molecule has 0 aliphatic carbocycles. The van der Waals surface area contributed by atoms with Crippen LogP contribution < -0.4 is 10.2 Å². The summed E-state index contributed by atoms with van der Waals surface area (Å²) in [5.74, 6) is -1.40. The minimum absolute atomic E-state index is 0.192. The maximum atomic E-state index is 13.6. The minimum atomic E-state index is -0.477. The Labute approximate surface area is 219 Å². The van der Waals surface area contributed by atoms with E-state index in [9.17, 15) is 14.4 Å². The molecular weight excluding hydrogens is 496 g/mol. The van der Waals surface area contributed by atoms with Crippen molar-refractivity contribution in [1.29, 1.82) is 0 Å². The number of amides is 2. The van der Waals surface area contributed by atoms with Gasteiger partial charge in [-0.2, -0.15) is 0 Å². The van der Waals surface area contributed by atoms with E-state index in [-0.39, 0.29) is 16.7 Å². The van der Waals surface area contributed by atoms with Gasteiger partial charge in [-0.25, -0.2) is 9.69 Å². The van der Waals surface area contributed by atoms with Crippen LogP contribution in [0, 0.1) is 13.8 Å². The van der Waals surface area contributed by atoms with Crippen LogP contribution in [0.3, 0.4) is 0 Å². The van der Waals surface area contributed by atoms with Crippen LogP contribution in [-0.2, 0) is 14.3 Å². The molecule has 0 aromatic heterocycles. The van der Waals surface area contributed by atoms with Gasteiger partial charge in [0.1, 0.15) is 10.6 Å². The maximum absolute atomic E-state index is 13.6. The van der Waals surface area contributed by atoms with Crippen molar-refractivity contribution in [2.75, 3.05) is 10.2 Å². The minimum Gasteiger partial charge on any atom is -0.459 e. The van der Waals surface area contributed by atoms with Crippen molar-refractivity contribution in [2.24, 2.45) is 0 Å². The van der Waals surface area contributed by atoms with E-state index in [1.165, 1.54) is 11.8 Å². The van der Waals surface area contributed by atoms with Gasteiger partial charge in [0.05, 0.1) is 17.4 Å². The number of carbonyl (C=O) groups is 3. The maximum Gasteiger partial charge on any atom is 0.338 e. The van der Waals surface area contributed by atoms with Crippen LogP contribution in [-0.4, -0.2) is 23.9 Å². The van der Waals surface area contributed by atoms with Crippen LogP contribution in [0.1, 0.15) is 35.3 Å². The fourth-order valence-corrected chi connectivity index (χ4v) is 4.67. The number of carbonyl (C=O) groups excluding carboxylic acids is 3. The zero-order valence-electron chi connectivity index (χ0n) is 20.3. The lowest BCUT2D eigenvalue weighted by Crippen LogP contribution is -2.32. The summed E-state index contributed by atoms with van der Waals surface area (Å²) < 4.78 is 5.22. The predicted octanol–water partition coefficient (Wildman–Crippen LogP) is 6.51. The number of anilines is 2. The lowest BCUT2D eigenvalue weighted by molar-refractivity contribution is -0.120. The van der Waals surface area contributed by atoms with Gasteiger partial charge < -0.3 is 10.1 Å². The van der Waals surface area contributed by atoms with Crippen LogP contribution >= 0.6 is 23.4 Å². The van der Waals surface area contributed by atoms with Gasteiger partial charge in [-0.3, -0.25) is 9.59 Å². The highest BCUT2D eigenvalue weighted by molar-refractivity contribution is 8.04. The normalized spacial score (nSPS) is 13.6. The van der Waals surface area contributed by atoms with Crippen LogP contribution in [0.25, 0.3) is 0 Å². The monoisotopic (exact) mass is 520 g/mol. The molecule has 1 heterocycles. The number of aryl methyl sites for hydroxylation is 1. The van der Waals surface area contributed by atoms with Gasteiger partial charge in [-0.1, -0.05) is 35.5 Å². The highest BCUT2D eigenvalue weighted by atomic mass is 35.5. The Kier molecular flexibility index (Phi) is 7.52. The van der Waals surface area contributed by atoms with Gasteiger partial charge in [-0.15, -0.1) is 0 Å². The quantitative estimate of drug-likeness (QED) is 0.282. The Hall–Kier alpha value is -3.55. The lowest BCUT2D eigenvalue weighted by Gasteiger charge is -2.16. The number of halogens is 1. The Bertz CT molecular complexity index is 1370. The van der Waals surface area contributed by atoms with Crippen LogP contribution in [0.2, 0.25) is 5.02 Å². The largest absolute Gasteiger partial charge is 0.459 e. The number of esters is 1. The van der Waals surface area contributed by atoms with Gasteiger partial charge in [-0.05, 0) is 93.4 Å². The molecule has 0 saturated carbocycles. The average Bonchev–Trinajstić information content (AvgIpc) is 3.07. The summed E-state index contributed by atoms with van der Waals surface area (Å²) in [4.78, 5) is 41.5. The molecule has 1 N–H and O–H groups in total. The SMILES string of the molecule is Cc1cccc(NC2=C(Sc3ccc(Cl)cc3)C(=O)N(c3ccc(C(=O)OC(C)C)cc3)C2=O)c1C. The molecule has 8 heteroatoms. The van der Waals surface area contributed by atoms with E-state index in [1.54, 1.807) is 62.4 Å². The highest BCUT2D eigenvalue weighted by Crippen LogP contribution is 2.38. The topological polar surface area (TPSA) is 75.7 Å². The lowest BCUT2D eigenvalue weighted by atomic mass is 10.1. The molecule has 4 rings (SSSR count). The second-order valence-corrected chi connectivity index (χ2v) is 10.1. The summed E-state index contributed by atoms with van der Waals surface area (Å²) in [5, 5.41) is 3.79. The third-order valence-corrected chi connectivity index (χ3v) is 6.99. The first kappa shape index (κ1) is 25.5. The Morgan fingerprint density at radius 2 is 1.61 bits per heavy atom. The third-order valence-electron chi connectivity index (χ3n) is 5.64. The van der Waals surface area contributed by atoms with Crippen molar-refractivity contribution >= 4 is 52.5 Å². The zero-order chi connectivity index (χ0) is 26.0. The first-order chi connectivity index (χ1) is 17.2. The number of thioether (sulfide) groups is 1. The number of nitrogens with one attached hydrogen (secondary N) is 1. The number of nitrogens with zero attached hydrogens (tertiary/aromatic N) is 1. The molecule has 0 bridgehead atoms. The van der Waals surface area contributed by atoms with E-state index in [1.807, 2.05) is 32.0 Å². The van der Waals surface area contributed by atoms with E-state index in [0.29, 0.717) is 16.3 Å².